The fourth-order valence-corrected chi connectivity index (χ4v) is 4.59. The number of unbranched alkanes of at least 4 members (excludes halogenated alkanes) is 1. The summed E-state index contributed by atoms with van der Waals surface area (Å²) in [5.74, 6) is 6.01. The molecule has 2 aromatic rings. The summed E-state index contributed by atoms with van der Waals surface area (Å²) in [7, 11) is 3.20. The first kappa shape index (κ1) is 24.5. The molecule has 0 fully saturated rings. The van der Waals surface area contributed by atoms with E-state index in [2.05, 4.69) is 17.2 Å². The predicted molar refractivity (Wildman–Crippen MR) is 126 cm³/mol. The van der Waals surface area contributed by atoms with Crippen molar-refractivity contribution in [1.82, 2.24) is 10.3 Å². The van der Waals surface area contributed by atoms with Gasteiger partial charge < -0.3 is 19.2 Å². The summed E-state index contributed by atoms with van der Waals surface area (Å²) in [6.45, 7) is 4.84. The number of carbonyl (C=O) groups is 1. The Hall–Kier alpha value is -1.80. The van der Waals surface area contributed by atoms with Gasteiger partial charge in [0.1, 0.15) is 5.76 Å². The summed E-state index contributed by atoms with van der Waals surface area (Å²) in [6, 6.07) is 5.56. The Kier molecular flexibility index (Phi) is 11.0. The third-order valence-electron chi connectivity index (χ3n) is 4.42. The quantitative estimate of drug-likeness (QED) is 0.407. The maximum absolute atomic E-state index is 12.0. The number of rotatable bonds is 14. The summed E-state index contributed by atoms with van der Waals surface area (Å²) >= 11 is 3.50. The van der Waals surface area contributed by atoms with E-state index in [1.54, 1.807) is 26.0 Å². The largest absolute Gasteiger partial charge is 0.493 e. The van der Waals surface area contributed by atoms with E-state index in [1.165, 1.54) is 18.6 Å². The molecule has 0 unspecified atom stereocenters. The highest BCUT2D eigenvalue weighted by Gasteiger charge is 2.14. The third kappa shape index (κ3) is 7.80. The van der Waals surface area contributed by atoms with Crippen LogP contribution < -0.4 is 14.8 Å². The van der Waals surface area contributed by atoms with E-state index in [9.17, 15) is 4.79 Å². The molecule has 0 bridgehead atoms. The fourth-order valence-electron chi connectivity index (χ4n) is 2.70. The van der Waals surface area contributed by atoms with Crippen LogP contribution in [0.1, 0.15) is 37.6 Å². The molecule has 1 aromatic heterocycles. The summed E-state index contributed by atoms with van der Waals surface area (Å²) in [5, 5.41) is 2.99. The van der Waals surface area contributed by atoms with Gasteiger partial charge in [0.15, 0.2) is 11.5 Å². The fraction of sp³-hybridized carbons (Fsp3) is 0.545. The van der Waals surface area contributed by atoms with Crippen LogP contribution in [0.3, 0.4) is 0 Å². The molecule has 0 radical (unpaired) electrons. The van der Waals surface area contributed by atoms with E-state index >= 15 is 0 Å². The van der Waals surface area contributed by atoms with Gasteiger partial charge in [0.2, 0.25) is 11.8 Å². The molecule has 30 heavy (non-hydrogen) atoms. The second kappa shape index (κ2) is 13.5. The molecule has 0 saturated heterocycles. The van der Waals surface area contributed by atoms with E-state index in [4.69, 9.17) is 13.9 Å². The smallest absolute Gasteiger partial charge is 0.230 e. The van der Waals surface area contributed by atoms with Crippen molar-refractivity contribution in [3.63, 3.8) is 0 Å². The van der Waals surface area contributed by atoms with E-state index < -0.39 is 0 Å². The van der Waals surface area contributed by atoms with Crippen molar-refractivity contribution in [2.45, 2.75) is 38.9 Å². The van der Waals surface area contributed by atoms with Crippen LogP contribution >= 0.6 is 23.5 Å². The number of nitrogens with zero attached hydrogens (tertiary/aromatic N) is 1. The zero-order chi connectivity index (χ0) is 21.8. The highest BCUT2D eigenvalue weighted by molar-refractivity contribution is 7.99. The van der Waals surface area contributed by atoms with Crippen LogP contribution in [0.15, 0.2) is 22.6 Å². The van der Waals surface area contributed by atoms with Crippen LogP contribution in [-0.4, -0.2) is 48.9 Å². The Morgan fingerprint density at radius 1 is 1.13 bits per heavy atom. The van der Waals surface area contributed by atoms with Gasteiger partial charge in [-0.2, -0.15) is 11.8 Å². The standard InChI is InChI=1S/C22H32N2O4S2/c1-5-6-11-29-12-7-10-23-21(25)15-30-14-18-16(2)28-22(24-18)17-8-9-19(26-3)20(13-17)27-4/h8-9,13H,5-7,10-12,14-15H2,1-4H3,(H,23,25). The van der Waals surface area contributed by atoms with Crippen LogP contribution in [0, 0.1) is 6.92 Å². The summed E-state index contributed by atoms with van der Waals surface area (Å²) < 4.78 is 16.4. The minimum Gasteiger partial charge on any atom is -0.493 e. The molecule has 0 aliphatic heterocycles. The molecule has 0 spiro atoms. The molecule has 2 rings (SSSR count). The van der Waals surface area contributed by atoms with Gasteiger partial charge in [-0.3, -0.25) is 4.79 Å². The lowest BCUT2D eigenvalue weighted by molar-refractivity contribution is -0.118. The lowest BCUT2D eigenvalue weighted by atomic mass is 10.2. The number of hydrogen-bond acceptors (Lipinski definition) is 7. The lowest BCUT2D eigenvalue weighted by Crippen LogP contribution is -2.26. The predicted octanol–water partition coefficient (Wildman–Crippen LogP) is 4.94. The molecule has 1 amide bonds. The average Bonchev–Trinajstić information content (AvgIpc) is 3.13. The van der Waals surface area contributed by atoms with Crippen LogP contribution in [0.4, 0.5) is 0 Å². The average molecular weight is 453 g/mol. The molecule has 0 aliphatic rings. The number of ether oxygens (including phenoxy) is 2. The van der Waals surface area contributed by atoms with E-state index in [-0.39, 0.29) is 5.91 Å². The molecule has 8 heteroatoms. The maximum Gasteiger partial charge on any atom is 0.230 e. The Balaban J connectivity index is 1.77. The van der Waals surface area contributed by atoms with Gasteiger partial charge >= 0.3 is 0 Å². The van der Waals surface area contributed by atoms with Gasteiger partial charge in [-0.15, -0.1) is 11.8 Å². The first-order valence-corrected chi connectivity index (χ1v) is 12.5. The highest BCUT2D eigenvalue weighted by Crippen LogP contribution is 2.33. The maximum atomic E-state index is 12.0. The van der Waals surface area contributed by atoms with Crippen molar-refractivity contribution in [3.8, 4) is 23.0 Å². The van der Waals surface area contributed by atoms with Crippen molar-refractivity contribution in [2.75, 3.05) is 38.0 Å². The van der Waals surface area contributed by atoms with Crippen LogP contribution in [-0.2, 0) is 10.5 Å². The van der Waals surface area contributed by atoms with Crippen molar-refractivity contribution < 1.29 is 18.7 Å². The Morgan fingerprint density at radius 3 is 2.63 bits per heavy atom. The number of oxazole rings is 1. The third-order valence-corrected chi connectivity index (χ3v) is 6.52. The molecule has 1 N–H and O–H groups in total. The number of benzene rings is 1. The van der Waals surface area contributed by atoms with Crippen molar-refractivity contribution in [3.05, 3.63) is 29.7 Å². The van der Waals surface area contributed by atoms with Gasteiger partial charge in [0.05, 0.1) is 25.7 Å². The minimum atomic E-state index is 0.0693. The highest BCUT2D eigenvalue weighted by atomic mass is 32.2. The Bertz CT molecular complexity index is 795. The van der Waals surface area contributed by atoms with Gasteiger partial charge in [0.25, 0.3) is 0 Å². The molecule has 0 atom stereocenters. The second-order valence-electron chi connectivity index (χ2n) is 6.75. The first-order chi connectivity index (χ1) is 14.6. The van der Waals surface area contributed by atoms with Gasteiger partial charge in [-0.05, 0) is 49.5 Å². The van der Waals surface area contributed by atoms with Crippen molar-refractivity contribution >= 4 is 29.4 Å². The topological polar surface area (TPSA) is 73.6 Å². The van der Waals surface area contributed by atoms with Crippen molar-refractivity contribution in [2.24, 2.45) is 0 Å². The zero-order valence-corrected chi connectivity index (χ0v) is 19.9. The van der Waals surface area contributed by atoms with Gasteiger partial charge in [0, 0.05) is 17.9 Å². The zero-order valence-electron chi connectivity index (χ0n) is 18.3. The summed E-state index contributed by atoms with van der Waals surface area (Å²) in [6.07, 6.45) is 3.52. The molecule has 6 nitrogen and oxygen atoms in total. The Labute approximate surface area is 187 Å². The number of aryl methyl sites for hydroxylation is 1. The molecular formula is C22H32N2O4S2. The molecule has 0 aliphatic carbocycles. The Morgan fingerprint density at radius 2 is 1.90 bits per heavy atom. The van der Waals surface area contributed by atoms with Crippen LogP contribution in [0.5, 0.6) is 11.5 Å². The SMILES string of the molecule is CCCCSCCCNC(=O)CSCc1nc(-c2ccc(OC)c(OC)c2)oc1C. The first-order valence-electron chi connectivity index (χ1n) is 10.2. The summed E-state index contributed by atoms with van der Waals surface area (Å²) in [4.78, 5) is 16.6. The molecular weight excluding hydrogens is 420 g/mol. The monoisotopic (exact) mass is 452 g/mol. The van der Waals surface area contributed by atoms with Gasteiger partial charge in [-0.1, -0.05) is 13.3 Å². The number of thioether (sulfide) groups is 2. The second-order valence-corrected chi connectivity index (χ2v) is 8.96. The van der Waals surface area contributed by atoms with Crippen LogP contribution in [0.2, 0.25) is 0 Å². The number of nitrogens with one attached hydrogen (secondary N) is 1. The van der Waals surface area contributed by atoms with Gasteiger partial charge in [-0.25, -0.2) is 4.98 Å². The number of methoxy groups -OCH3 is 2. The molecule has 1 aromatic carbocycles. The number of hydrogen-bond donors (Lipinski definition) is 1. The van der Waals surface area contributed by atoms with E-state index in [1.807, 2.05) is 36.9 Å². The molecule has 0 saturated carbocycles. The molecule has 166 valence electrons. The molecule has 1 heterocycles. The normalized spacial score (nSPS) is 10.8. The number of carbonyl (C=O) groups excluding carboxylic acids is 1. The van der Waals surface area contributed by atoms with Crippen molar-refractivity contribution in [1.29, 1.82) is 0 Å². The van der Waals surface area contributed by atoms with E-state index in [0.29, 0.717) is 28.9 Å². The lowest BCUT2D eigenvalue weighted by Gasteiger charge is -2.07. The number of aromatic nitrogens is 1. The minimum absolute atomic E-state index is 0.0693. The van der Waals surface area contributed by atoms with E-state index in [0.717, 1.165) is 35.7 Å². The number of amides is 1. The van der Waals surface area contributed by atoms with Crippen LogP contribution in [0.25, 0.3) is 11.5 Å². The summed E-state index contributed by atoms with van der Waals surface area (Å²) in [5.41, 5.74) is 1.67.